The van der Waals surface area contributed by atoms with E-state index in [1.807, 2.05) is 0 Å². The van der Waals surface area contributed by atoms with E-state index >= 15 is 0 Å². The van der Waals surface area contributed by atoms with Crippen LogP contribution in [0, 0.1) is 5.41 Å². The standard InChI is InChI=1S/C10H15F3N2O.ClH/c11-10(12,13)9(3-4-9)8(16)15-7-2-1-5-14-6-7;/h7,14H,1-6H2,(H,15,16);1H/t7-;/m0./s1. The quantitative estimate of drug-likeness (QED) is 0.802. The largest absolute Gasteiger partial charge is 0.403 e. The zero-order valence-electron chi connectivity index (χ0n) is 9.27. The number of hydrogen-bond acceptors (Lipinski definition) is 2. The summed E-state index contributed by atoms with van der Waals surface area (Å²) in [5.41, 5.74) is -2.08. The molecule has 0 bridgehead atoms. The first-order valence-electron chi connectivity index (χ1n) is 5.54. The Morgan fingerprint density at radius 3 is 2.41 bits per heavy atom. The molecule has 3 nitrogen and oxygen atoms in total. The third-order valence-electron chi connectivity index (χ3n) is 3.36. The van der Waals surface area contributed by atoms with E-state index in [0.717, 1.165) is 19.4 Å². The smallest absolute Gasteiger partial charge is 0.351 e. The summed E-state index contributed by atoms with van der Waals surface area (Å²) in [4.78, 5) is 11.6. The molecule has 7 heteroatoms. The molecule has 2 aliphatic rings. The summed E-state index contributed by atoms with van der Waals surface area (Å²) < 4.78 is 37.9. The minimum Gasteiger partial charge on any atom is -0.351 e. The van der Waals surface area contributed by atoms with Gasteiger partial charge in [0.2, 0.25) is 5.91 Å². The van der Waals surface area contributed by atoms with Crippen LogP contribution in [0.1, 0.15) is 25.7 Å². The minimum absolute atomic E-state index is 0. The van der Waals surface area contributed by atoms with Crippen molar-refractivity contribution in [2.45, 2.75) is 37.9 Å². The molecule has 0 unspecified atom stereocenters. The van der Waals surface area contributed by atoms with E-state index in [9.17, 15) is 18.0 Å². The van der Waals surface area contributed by atoms with Gasteiger partial charge in [-0.25, -0.2) is 0 Å². The molecular weight excluding hydrogens is 257 g/mol. The van der Waals surface area contributed by atoms with E-state index in [0.29, 0.717) is 6.54 Å². The Balaban J connectivity index is 0.00000144. The lowest BCUT2D eigenvalue weighted by Gasteiger charge is -2.27. The van der Waals surface area contributed by atoms with Crippen molar-refractivity contribution in [3.8, 4) is 0 Å². The molecule has 0 aromatic heterocycles. The number of halogens is 4. The molecule has 1 atom stereocenters. The Morgan fingerprint density at radius 1 is 1.35 bits per heavy atom. The Labute approximate surface area is 104 Å². The van der Waals surface area contributed by atoms with Gasteiger partial charge in [-0.05, 0) is 32.2 Å². The number of nitrogens with one attached hydrogen (secondary N) is 2. The first-order chi connectivity index (χ1) is 7.46. The van der Waals surface area contributed by atoms with Gasteiger partial charge in [0.25, 0.3) is 0 Å². The van der Waals surface area contributed by atoms with Crippen molar-refractivity contribution in [3.05, 3.63) is 0 Å². The van der Waals surface area contributed by atoms with E-state index in [-0.39, 0.29) is 31.3 Å². The van der Waals surface area contributed by atoms with Gasteiger partial charge in [-0.1, -0.05) is 0 Å². The topological polar surface area (TPSA) is 41.1 Å². The van der Waals surface area contributed by atoms with Gasteiger partial charge in [0.15, 0.2) is 0 Å². The van der Waals surface area contributed by atoms with Gasteiger partial charge >= 0.3 is 6.18 Å². The molecule has 0 radical (unpaired) electrons. The highest BCUT2D eigenvalue weighted by atomic mass is 35.5. The average molecular weight is 273 g/mol. The molecule has 2 fully saturated rings. The van der Waals surface area contributed by atoms with E-state index in [4.69, 9.17) is 0 Å². The molecule has 1 aliphatic heterocycles. The number of hydrogen-bond donors (Lipinski definition) is 2. The summed E-state index contributed by atoms with van der Waals surface area (Å²) in [6.45, 7) is 1.44. The van der Waals surface area contributed by atoms with Gasteiger partial charge in [-0.3, -0.25) is 4.79 Å². The fraction of sp³-hybridized carbons (Fsp3) is 0.900. The Morgan fingerprint density at radius 2 is 2.00 bits per heavy atom. The molecule has 1 heterocycles. The first kappa shape index (κ1) is 14.6. The number of piperidine rings is 1. The van der Waals surface area contributed by atoms with Crippen LogP contribution in [0.15, 0.2) is 0 Å². The van der Waals surface area contributed by atoms with Crippen LogP contribution in [0.5, 0.6) is 0 Å². The van der Waals surface area contributed by atoms with Gasteiger partial charge in [-0.2, -0.15) is 13.2 Å². The average Bonchev–Trinajstić information content (AvgIpc) is 2.98. The highest BCUT2D eigenvalue weighted by Gasteiger charge is 2.68. The molecule has 2 rings (SSSR count). The zero-order valence-corrected chi connectivity index (χ0v) is 10.1. The lowest BCUT2D eigenvalue weighted by molar-refractivity contribution is -0.192. The predicted molar refractivity (Wildman–Crippen MR) is 59.0 cm³/mol. The summed E-state index contributed by atoms with van der Waals surface area (Å²) in [6, 6.07) is -0.152. The monoisotopic (exact) mass is 272 g/mol. The van der Waals surface area contributed by atoms with Gasteiger partial charge in [-0.15, -0.1) is 12.4 Å². The van der Waals surface area contributed by atoms with Crippen molar-refractivity contribution in [1.29, 1.82) is 0 Å². The zero-order chi connectivity index (χ0) is 11.8. The third kappa shape index (κ3) is 2.85. The molecule has 17 heavy (non-hydrogen) atoms. The normalized spacial score (nSPS) is 26.9. The summed E-state index contributed by atoms with van der Waals surface area (Å²) in [6.07, 6.45) is -2.89. The van der Waals surface area contributed by atoms with Gasteiger partial charge < -0.3 is 10.6 Å². The van der Waals surface area contributed by atoms with Crippen molar-refractivity contribution < 1.29 is 18.0 Å². The van der Waals surface area contributed by atoms with E-state index < -0.39 is 17.5 Å². The van der Waals surface area contributed by atoms with Crippen LogP contribution in [-0.2, 0) is 4.79 Å². The Bertz CT molecular complexity index is 286. The van der Waals surface area contributed by atoms with E-state index in [1.165, 1.54) is 0 Å². The molecule has 1 amide bonds. The second-order valence-corrected chi connectivity index (χ2v) is 4.60. The predicted octanol–water partition coefficient (Wildman–Crippen LogP) is 1.62. The maximum Gasteiger partial charge on any atom is 0.403 e. The summed E-state index contributed by atoms with van der Waals surface area (Å²) >= 11 is 0. The number of carbonyl (C=O) groups excluding carboxylic acids is 1. The second-order valence-electron chi connectivity index (χ2n) is 4.60. The first-order valence-corrected chi connectivity index (χ1v) is 5.54. The summed E-state index contributed by atoms with van der Waals surface area (Å²) in [7, 11) is 0. The number of alkyl halides is 3. The molecule has 0 aromatic rings. The van der Waals surface area contributed by atoms with E-state index in [2.05, 4.69) is 10.6 Å². The minimum atomic E-state index is -4.40. The fourth-order valence-corrected chi connectivity index (χ4v) is 2.06. The maximum absolute atomic E-state index is 12.6. The van der Waals surface area contributed by atoms with Gasteiger partial charge in [0.1, 0.15) is 5.41 Å². The van der Waals surface area contributed by atoms with Crippen molar-refractivity contribution in [2.24, 2.45) is 5.41 Å². The van der Waals surface area contributed by atoms with Gasteiger partial charge in [0.05, 0.1) is 0 Å². The molecule has 2 N–H and O–H groups in total. The molecule has 100 valence electrons. The fourth-order valence-electron chi connectivity index (χ4n) is 2.06. The lowest BCUT2D eigenvalue weighted by Crippen LogP contribution is -2.50. The number of carbonyl (C=O) groups is 1. The Hall–Kier alpha value is -0.490. The van der Waals surface area contributed by atoms with Crippen LogP contribution in [0.4, 0.5) is 13.2 Å². The summed E-state index contributed by atoms with van der Waals surface area (Å²) in [5.74, 6) is -0.839. The maximum atomic E-state index is 12.6. The van der Waals surface area contributed by atoms with Crippen molar-refractivity contribution >= 4 is 18.3 Å². The van der Waals surface area contributed by atoms with Crippen molar-refractivity contribution in [1.82, 2.24) is 10.6 Å². The lowest BCUT2D eigenvalue weighted by atomic mass is 10.0. The number of rotatable bonds is 2. The van der Waals surface area contributed by atoms with Gasteiger partial charge in [0, 0.05) is 12.6 Å². The molecule has 1 saturated carbocycles. The molecular formula is C10H16ClF3N2O. The van der Waals surface area contributed by atoms with E-state index in [1.54, 1.807) is 0 Å². The SMILES string of the molecule is Cl.O=C(N[C@H]1CCCNC1)C1(C(F)(F)F)CC1. The van der Waals surface area contributed by atoms with Crippen molar-refractivity contribution in [3.63, 3.8) is 0 Å². The van der Waals surface area contributed by atoms with Crippen LogP contribution in [0.2, 0.25) is 0 Å². The van der Waals surface area contributed by atoms with Crippen LogP contribution >= 0.6 is 12.4 Å². The molecule has 1 aliphatic carbocycles. The number of amides is 1. The molecule has 1 saturated heterocycles. The third-order valence-corrected chi connectivity index (χ3v) is 3.36. The van der Waals surface area contributed by atoms with Crippen LogP contribution in [0.3, 0.4) is 0 Å². The van der Waals surface area contributed by atoms with Crippen LogP contribution < -0.4 is 10.6 Å². The highest BCUT2D eigenvalue weighted by molar-refractivity contribution is 5.86. The van der Waals surface area contributed by atoms with Crippen LogP contribution in [-0.4, -0.2) is 31.2 Å². The van der Waals surface area contributed by atoms with Crippen molar-refractivity contribution in [2.75, 3.05) is 13.1 Å². The Kier molecular flexibility index (Phi) is 4.30. The second kappa shape index (κ2) is 5.02. The van der Waals surface area contributed by atoms with Crippen LogP contribution in [0.25, 0.3) is 0 Å². The highest BCUT2D eigenvalue weighted by Crippen LogP contribution is 2.57. The summed E-state index contributed by atoms with van der Waals surface area (Å²) in [5, 5.41) is 5.56. The molecule has 0 spiro atoms. The molecule has 0 aromatic carbocycles.